The van der Waals surface area contributed by atoms with E-state index < -0.39 is 0 Å². The summed E-state index contributed by atoms with van der Waals surface area (Å²) in [5.41, 5.74) is 3.58. The molecule has 0 aliphatic carbocycles. The number of hydrogen-bond donors (Lipinski definition) is 1. The van der Waals surface area contributed by atoms with Gasteiger partial charge in [-0.3, -0.25) is 4.98 Å². The lowest BCUT2D eigenvalue weighted by Crippen LogP contribution is -2.21. The van der Waals surface area contributed by atoms with E-state index in [0.717, 1.165) is 24.5 Å². The molecule has 0 saturated heterocycles. The average Bonchev–Trinajstić information content (AvgIpc) is 2.92. The van der Waals surface area contributed by atoms with Crippen LogP contribution in [0, 0.1) is 6.92 Å². The van der Waals surface area contributed by atoms with E-state index >= 15 is 0 Å². The van der Waals surface area contributed by atoms with Gasteiger partial charge in [-0.2, -0.15) is 0 Å². The Balaban J connectivity index is 2.05. The SMILES string of the molecule is CCCNC(CCC)c1ccn(Cc2cccc(C)n2)c1. The van der Waals surface area contributed by atoms with Crippen LogP contribution in [-0.4, -0.2) is 16.1 Å². The number of aromatic nitrogens is 2. The molecule has 0 aliphatic rings. The number of nitrogens with zero attached hydrogens (tertiary/aromatic N) is 2. The van der Waals surface area contributed by atoms with Crippen molar-refractivity contribution in [2.75, 3.05) is 6.54 Å². The van der Waals surface area contributed by atoms with Crippen LogP contribution < -0.4 is 5.32 Å². The van der Waals surface area contributed by atoms with Crippen LogP contribution >= 0.6 is 0 Å². The molecule has 3 heteroatoms. The standard InChI is InChI=1S/C18H27N3/c1-4-7-18(19-11-5-2)16-10-12-21(13-16)14-17-9-6-8-15(3)20-17/h6,8-10,12-13,18-19H,4-5,7,11,14H2,1-3H3. The van der Waals surface area contributed by atoms with Gasteiger partial charge in [0.25, 0.3) is 0 Å². The smallest absolute Gasteiger partial charge is 0.0642 e. The molecule has 3 nitrogen and oxygen atoms in total. The van der Waals surface area contributed by atoms with Crippen molar-refractivity contribution in [3.8, 4) is 0 Å². The van der Waals surface area contributed by atoms with Crippen molar-refractivity contribution in [3.05, 3.63) is 53.6 Å². The zero-order chi connectivity index (χ0) is 15.1. The molecule has 2 heterocycles. The molecule has 2 aromatic heterocycles. The molecule has 0 amide bonds. The van der Waals surface area contributed by atoms with Crippen molar-refractivity contribution in [1.82, 2.24) is 14.9 Å². The highest BCUT2D eigenvalue weighted by atomic mass is 15.0. The van der Waals surface area contributed by atoms with Crippen LogP contribution in [0.3, 0.4) is 0 Å². The first kappa shape index (κ1) is 15.8. The zero-order valence-electron chi connectivity index (χ0n) is 13.5. The van der Waals surface area contributed by atoms with E-state index in [-0.39, 0.29) is 0 Å². The lowest BCUT2D eigenvalue weighted by Gasteiger charge is -2.16. The number of pyridine rings is 1. The predicted molar refractivity (Wildman–Crippen MR) is 88.5 cm³/mol. The van der Waals surface area contributed by atoms with E-state index in [4.69, 9.17) is 0 Å². The molecular weight excluding hydrogens is 258 g/mol. The number of hydrogen-bond acceptors (Lipinski definition) is 2. The Labute approximate surface area is 128 Å². The lowest BCUT2D eigenvalue weighted by atomic mass is 10.1. The second-order valence-electron chi connectivity index (χ2n) is 5.68. The first-order chi connectivity index (χ1) is 10.2. The van der Waals surface area contributed by atoms with E-state index in [0.29, 0.717) is 6.04 Å². The van der Waals surface area contributed by atoms with Gasteiger partial charge in [0.05, 0.1) is 12.2 Å². The van der Waals surface area contributed by atoms with Crippen LogP contribution in [0.25, 0.3) is 0 Å². The summed E-state index contributed by atoms with van der Waals surface area (Å²) in [4.78, 5) is 4.57. The minimum Gasteiger partial charge on any atom is -0.348 e. The number of aryl methyl sites for hydroxylation is 1. The van der Waals surface area contributed by atoms with Crippen molar-refractivity contribution in [2.45, 2.75) is 52.6 Å². The summed E-state index contributed by atoms with van der Waals surface area (Å²) < 4.78 is 2.23. The van der Waals surface area contributed by atoms with Crippen LogP contribution in [0.4, 0.5) is 0 Å². The van der Waals surface area contributed by atoms with E-state index in [1.165, 1.54) is 24.8 Å². The summed E-state index contributed by atoms with van der Waals surface area (Å²) in [7, 11) is 0. The van der Waals surface area contributed by atoms with Gasteiger partial charge in [0.2, 0.25) is 0 Å². The first-order valence-electron chi connectivity index (χ1n) is 8.04. The van der Waals surface area contributed by atoms with Gasteiger partial charge < -0.3 is 9.88 Å². The Morgan fingerprint density at radius 2 is 2.05 bits per heavy atom. The maximum atomic E-state index is 4.57. The number of nitrogens with one attached hydrogen (secondary N) is 1. The van der Waals surface area contributed by atoms with Gasteiger partial charge in [-0.25, -0.2) is 0 Å². The summed E-state index contributed by atoms with van der Waals surface area (Å²) in [6.07, 6.45) is 7.98. The lowest BCUT2D eigenvalue weighted by molar-refractivity contribution is 0.493. The molecule has 21 heavy (non-hydrogen) atoms. The maximum Gasteiger partial charge on any atom is 0.0642 e. The summed E-state index contributed by atoms with van der Waals surface area (Å²) >= 11 is 0. The Morgan fingerprint density at radius 1 is 1.19 bits per heavy atom. The third-order valence-corrected chi connectivity index (χ3v) is 3.68. The van der Waals surface area contributed by atoms with Crippen molar-refractivity contribution in [3.63, 3.8) is 0 Å². The first-order valence-corrected chi connectivity index (χ1v) is 8.04. The molecule has 0 aliphatic heterocycles. The van der Waals surface area contributed by atoms with E-state index in [9.17, 15) is 0 Å². The predicted octanol–water partition coefficient (Wildman–Crippen LogP) is 4.08. The molecule has 0 fully saturated rings. The van der Waals surface area contributed by atoms with Crippen LogP contribution in [0.5, 0.6) is 0 Å². The Kier molecular flexibility index (Phi) is 6.00. The average molecular weight is 285 g/mol. The highest BCUT2D eigenvalue weighted by Crippen LogP contribution is 2.19. The fourth-order valence-electron chi connectivity index (χ4n) is 2.63. The number of rotatable bonds is 8. The zero-order valence-corrected chi connectivity index (χ0v) is 13.5. The molecule has 0 saturated carbocycles. The van der Waals surface area contributed by atoms with Gasteiger partial charge in [-0.05, 0) is 50.1 Å². The molecule has 0 aromatic carbocycles. The molecular formula is C18H27N3. The summed E-state index contributed by atoms with van der Waals surface area (Å²) in [6.45, 7) is 8.42. The van der Waals surface area contributed by atoms with Gasteiger partial charge in [0, 0.05) is 24.1 Å². The minimum atomic E-state index is 0.474. The van der Waals surface area contributed by atoms with Gasteiger partial charge in [-0.15, -0.1) is 0 Å². The van der Waals surface area contributed by atoms with Crippen molar-refractivity contribution >= 4 is 0 Å². The van der Waals surface area contributed by atoms with E-state index in [2.05, 4.69) is 59.3 Å². The van der Waals surface area contributed by atoms with Gasteiger partial charge >= 0.3 is 0 Å². The Bertz CT molecular complexity index is 545. The Hall–Kier alpha value is -1.61. The van der Waals surface area contributed by atoms with E-state index in [1.807, 2.05) is 13.0 Å². The Morgan fingerprint density at radius 3 is 2.76 bits per heavy atom. The summed E-state index contributed by atoms with van der Waals surface area (Å²) in [5, 5.41) is 3.64. The van der Waals surface area contributed by atoms with Crippen molar-refractivity contribution < 1.29 is 0 Å². The van der Waals surface area contributed by atoms with Crippen LogP contribution in [0.15, 0.2) is 36.7 Å². The third-order valence-electron chi connectivity index (χ3n) is 3.68. The quantitative estimate of drug-likeness (QED) is 0.792. The topological polar surface area (TPSA) is 29.9 Å². The van der Waals surface area contributed by atoms with Gasteiger partial charge in [0.1, 0.15) is 0 Å². The van der Waals surface area contributed by atoms with Crippen LogP contribution in [0.2, 0.25) is 0 Å². The van der Waals surface area contributed by atoms with Crippen molar-refractivity contribution in [2.24, 2.45) is 0 Å². The highest BCUT2D eigenvalue weighted by molar-refractivity contribution is 5.17. The van der Waals surface area contributed by atoms with Crippen LogP contribution in [-0.2, 0) is 6.54 Å². The highest BCUT2D eigenvalue weighted by Gasteiger charge is 2.11. The monoisotopic (exact) mass is 285 g/mol. The summed E-state index contributed by atoms with van der Waals surface area (Å²) in [6, 6.07) is 8.91. The molecule has 2 rings (SSSR count). The molecule has 114 valence electrons. The molecule has 2 aromatic rings. The normalized spacial score (nSPS) is 12.5. The molecule has 1 unspecified atom stereocenters. The summed E-state index contributed by atoms with van der Waals surface area (Å²) in [5.74, 6) is 0. The maximum absolute atomic E-state index is 4.57. The molecule has 0 radical (unpaired) electrons. The largest absolute Gasteiger partial charge is 0.348 e. The minimum absolute atomic E-state index is 0.474. The van der Waals surface area contributed by atoms with Gasteiger partial charge in [-0.1, -0.05) is 26.3 Å². The second kappa shape index (κ2) is 7.99. The van der Waals surface area contributed by atoms with Gasteiger partial charge in [0.15, 0.2) is 0 Å². The van der Waals surface area contributed by atoms with Crippen LogP contribution in [0.1, 0.15) is 56.1 Å². The fourth-order valence-corrected chi connectivity index (χ4v) is 2.63. The molecule has 0 spiro atoms. The third kappa shape index (κ3) is 4.71. The second-order valence-corrected chi connectivity index (χ2v) is 5.68. The fraction of sp³-hybridized carbons (Fsp3) is 0.500. The molecule has 1 atom stereocenters. The van der Waals surface area contributed by atoms with E-state index in [1.54, 1.807) is 0 Å². The molecule has 1 N–H and O–H groups in total. The van der Waals surface area contributed by atoms with Crippen molar-refractivity contribution in [1.29, 1.82) is 0 Å². The molecule has 0 bridgehead atoms.